The molecular formula is C23H22N4O3S2. The highest BCUT2D eigenvalue weighted by Crippen LogP contribution is 2.37. The zero-order valence-corrected chi connectivity index (χ0v) is 19.1. The molecule has 9 heteroatoms. The van der Waals surface area contributed by atoms with E-state index in [9.17, 15) is 9.59 Å². The van der Waals surface area contributed by atoms with E-state index in [1.165, 1.54) is 0 Å². The summed E-state index contributed by atoms with van der Waals surface area (Å²) in [5.41, 5.74) is 1.73. The number of hydrogen-bond acceptors (Lipinski definition) is 7. The zero-order chi connectivity index (χ0) is 22.1. The number of likely N-dealkylation sites (N-methyl/N-ethyl adjacent to an activating group) is 1. The number of amides is 2. The van der Waals surface area contributed by atoms with Crippen LogP contribution in [-0.2, 0) is 9.59 Å². The number of ether oxygens (including phenoxy) is 1. The number of nitrogens with one attached hydrogen (secondary N) is 1. The van der Waals surface area contributed by atoms with Gasteiger partial charge in [0.1, 0.15) is 5.75 Å². The first kappa shape index (κ1) is 20.7. The van der Waals surface area contributed by atoms with Crippen LogP contribution in [0.15, 0.2) is 64.4 Å². The topological polar surface area (TPSA) is 74.2 Å². The van der Waals surface area contributed by atoms with E-state index < -0.39 is 6.10 Å². The molecule has 0 saturated heterocycles. The molecule has 5 rings (SSSR count). The van der Waals surface area contributed by atoms with E-state index in [0.29, 0.717) is 18.7 Å². The van der Waals surface area contributed by atoms with E-state index in [-0.39, 0.29) is 24.4 Å². The number of thiophene rings is 2. The van der Waals surface area contributed by atoms with Crippen molar-refractivity contribution in [2.24, 2.45) is 5.10 Å². The molecule has 0 saturated carbocycles. The zero-order valence-electron chi connectivity index (χ0n) is 17.4. The first-order chi connectivity index (χ1) is 15.6. The fourth-order valence-electron chi connectivity index (χ4n) is 4.02. The van der Waals surface area contributed by atoms with E-state index in [1.54, 1.807) is 34.7 Å². The van der Waals surface area contributed by atoms with Gasteiger partial charge in [0.05, 0.1) is 35.4 Å². The van der Waals surface area contributed by atoms with Gasteiger partial charge in [-0.2, -0.15) is 5.10 Å². The SMILES string of the molecule is CNC(=O)[C@@H]1CN(CC(=O)N2N=C(c3cccs3)C[C@@H]2c2cccs2)c2ccccc2O1. The molecule has 4 heterocycles. The van der Waals surface area contributed by atoms with Gasteiger partial charge in [-0.25, -0.2) is 5.01 Å². The fraction of sp³-hybridized carbons (Fsp3) is 0.261. The average molecular weight is 467 g/mol. The normalized spacial score (nSPS) is 19.8. The number of para-hydroxylation sites is 2. The number of hydrogen-bond donors (Lipinski definition) is 1. The first-order valence-electron chi connectivity index (χ1n) is 10.3. The lowest BCUT2D eigenvalue weighted by Gasteiger charge is -2.35. The summed E-state index contributed by atoms with van der Waals surface area (Å²) in [6, 6.07) is 15.4. The van der Waals surface area contributed by atoms with Gasteiger partial charge in [-0.1, -0.05) is 24.3 Å². The monoisotopic (exact) mass is 466 g/mol. The van der Waals surface area contributed by atoms with Gasteiger partial charge in [0, 0.05) is 18.3 Å². The Balaban J connectivity index is 1.42. The van der Waals surface area contributed by atoms with Gasteiger partial charge < -0.3 is 15.0 Å². The maximum Gasteiger partial charge on any atom is 0.262 e. The number of anilines is 1. The number of rotatable bonds is 5. The number of fused-ring (bicyclic) bond motifs is 1. The maximum atomic E-state index is 13.5. The van der Waals surface area contributed by atoms with E-state index >= 15 is 0 Å². The van der Waals surface area contributed by atoms with E-state index in [1.807, 2.05) is 64.2 Å². The molecule has 0 unspecified atom stereocenters. The predicted octanol–water partition coefficient (Wildman–Crippen LogP) is 3.50. The Labute approximate surface area is 193 Å². The van der Waals surface area contributed by atoms with Crippen LogP contribution in [0.1, 0.15) is 22.2 Å². The van der Waals surface area contributed by atoms with Crippen LogP contribution in [0.5, 0.6) is 5.75 Å². The summed E-state index contributed by atoms with van der Waals surface area (Å²) in [7, 11) is 1.58. The molecule has 7 nitrogen and oxygen atoms in total. The molecule has 1 N–H and O–H groups in total. The Morgan fingerprint density at radius 2 is 1.94 bits per heavy atom. The molecule has 0 radical (unpaired) electrons. The molecule has 3 aromatic rings. The Kier molecular flexibility index (Phi) is 5.67. The predicted molar refractivity (Wildman–Crippen MR) is 127 cm³/mol. The quantitative estimate of drug-likeness (QED) is 0.625. The summed E-state index contributed by atoms with van der Waals surface area (Å²) >= 11 is 3.26. The van der Waals surface area contributed by atoms with Crippen molar-refractivity contribution >= 4 is 45.9 Å². The van der Waals surface area contributed by atoms with Crippen LogP contribution in [0.3, 0.4) is 0 Å². The van der Waals surface area contributed by atoms with Gasteiger partial charge in [-0.05, 0) is 35.0 Å². The van der Waals surface area contributed by atoms with Crippen molar-refractivity contribution in [1.29, 1.82) is 0 Å². The van der Waals surface area contributed by atoms with Gasteiger partial charge in [0.2, 0.25) is 0 Å². The lowest BCUT2D eigenvalue weighted by Crippen LogP contribution is -2.50. The minimum atomic E-state index is -0.681. The Hall–Kier alpha value is -3.17. The average Bonchev–Trinajstić information content (AvgIpc) is 3.59. The first-order valence-corrected chi connectivity index (χ1v) is 12.1. The molecule has 0 bridgehead atoms. The molecule has 2 aromatic heterocycles. The van der Waals surface area contributed by atoms with E-state index in [0.717, 1.165) is 21.2 Å². The number of carbonyl (C=O) groups is 2. The van der Waals surface area contributed by atoms with Crippen molar-refractivity contribution in [2.75, 3.05) is 25.0 Å². The maximum absolute atomic E-state index is 13.5. The smallest absolute Gasteiger partial charge is 0.262 e. The van der Waals surface area contributed by atoms with Gasteiger partial charge in [-0.15, -0.1) is 22.7 Å². The lowest BCUT2D eigenvalue weighted by molar-refractivity contribution is -0.132. The molecule has 0 aliphatic carbocycles. The molecule has 2 aliphatic rings. The molecule has 2 aliphatic heterocycles. The Bertz CT molecular complexity index is 1140. The minimum absolute atomic E-state index is 0.108. The standard InChI is InChI=1S/C23H22N4O3S2/c1-24-23(29)19-13-26(16-6-2-3-7-18(16)30-19)14-22(28)27-17(21-9-5-11-32-21)12-15(25-27)20-8-4-10-31-20/h2-11,17,19H,12-14H2,1H3,(H,24,29)/t17-,19+/m1/s1. The van der Waals surface area contributed by atoms with Gasteiger partial charge in [0.25, 0.3) is 11.8 Å². The largest absolute Gasteiger partial charge is 0.477 e. The third-order valence-corrected chi connectivity index (χ3v) is 7.46. The highest BCUT2D eigenvalue weighted by Gasteiger charge is 2.37. The van der Waals surface area contributed by atoms with Crippen LogP contribution in [0.2, 0.25) is 0 Å². The molecule has 2 amide bonds. The summed E-state index contributed by atoms with van der Waals surface area (Å²) < 4.78 is 5.86. The number of benzene rings is 1. The summed E-state index contributed by atoms with van der Waals surface area (Å²) in [6.45, 7) is 0.401. The highest BCUT2D eigenvalue weighted by molar-refractivity contribution is 7.12. The molecule has 0 spiro atoms. The second-order valence-corrected chi connectivity index (χ2v) is 9.49. The van der Waals surface area contributed by atoms with Crippen molar-refractivity contribution < 1.29 is 14.3 Å². The van der Waals surface area contributed by atoms with E-state index in [4.69, 9.17) is 9.84 Å². The van der Waals surface area contributed by atoms with E-state index in [2.05, 4.69) is 5.32 Å². The Morgan fingerprint density at radius 3 is 2.69 bits per heavy atom. The molecule has 164 valence electrons. The van der Waals surface area contributed by atoms with Crippen LogP contribution in [-0.4, -0.2) is 48.8 Å². The minimum Gasteiger partial charge on any atom is -0.477 e. The van der Waals surface area contributed by atoms with Crippen molar-refractivity contribution in [3.8, 4) is 5.75 Å². The van der Waals surface area contributed by atoms with Crippen molar-refractivity contribution in [3.05, 3.63) is 69.0 Å². The lowest BCUT2D eigenvalue weighted by atomic mass is 10.1. The second kappa shape index (κ2) is 8.76. The fourth-order valence-corrected chi connectivity index (χ4v) is 5.56. The summed E-state index contributed by atoms with van der Waals surface area (Å²) in [5, 5.41) is 13.0. The molecular weight excluding hydrogens is 444 g/mol. The summed E-state index contributed by atoms with van der Waals surface area (Å²) in [6.07, 6.45) is 0.00686. The van der Waals surface area contributed by atoms with Crippen LogP contribution in [0.4, 0.5) is 5.69 Å². The highest BCUT2D eigenvalue weighted by atomic mass is 32.1. The number of nitrogens with zero attached hydrogens (tertiary/aromatic N) is 3. The number of carbonyl (C=O) groups excluding carboxylic acids is 2. The van der Waals surface area contributed by atoms with Crippen molar-refractivity contribution in [1.82, 2.24) is 10.3 Å². The third kappa shape index (κ3) is 3.89. The molecule has 1 aromatic carbocycles. The van der Waals surface area contributed by atoms with Crippen molar-refractivity contribution in [3.63, 3.8) is 0 Å². The van der Waals surface area contributed by atoms with Crippen molar-refractivity contribution in [2.45, 2.75) is 18.6 Å². The molecule has 0 fully saturated rings. The van der Waals surface area contributed by atoms with Gasteiger partial charge >= 0.3 is 0 Å². The molecule has 2 atom stereocenters. The second-order valence-electron chi connectivity index (χ2n) is 7.57. The van der Waals surface area contributed by atoms with Crippen LogP contribution in [0.25, 0.3) is 0 Å². The van der Waals surface area contributed by atoms with Crippen LogP contribution in [0, 0.1) is 0 Å². The number of hydrazone groups is 1. The van der Waals surface area contributed by atoms with Gasteiger partial charge in [-0.3, -0.25) is 9.59 Å². The van der Waals surface area contributed by atoms with Gasteiger partial charge in [0.15, 0.2) is 6.10 Å². The molecule has 32 heavy (non-hydrogen) atoms. The van der Waals surface area contributed by atoms with Crippen LogP contribution >= 0.6 is 22.7 Å². The summed E-state index contributed by atoms with van der Waals surface area (Å²) in [4.78, 5) is 29.9. The van der Waals surface area contributed by atoms with Crippen LogP contribution < -0.4 is 15.0 Å². The summed E-state index contributed by atoms with van der Waals surface area (Å²) in [5.74, 6) is 0.272. The Morgan fingerprint density at radius 1 is 1.12 bits per heavy atom. The third-order valence-electron chi connectivity index (χ3n) is 5.57.